The maximum atomic E-state index is 13.7. The van der Waals surface area contributed by atoms with E-state index in [1.807, 2.05) is 54.3 Å². The first-order valence-electron chi connectivity index (χ1n) is 12.6. The fourth-order valence-electron chi connectivity index (χ4n) is 3.85. The number of halogens is 3. The van der Waals surface area contributed by atoms with Crippen LogP contribution in [0.5, 0.6) is 0 Å². The van der Waals surface area contributed by atoms with Gasteiger partial charge < -0.3 is 30.1 Å². The van der Waals surface area contributed by atoms with Crippen LogP contribution in [-0.4, -0.2) is 70.0 Å². The van der Waals surface area contributed by atoms with E-state index in [-0.39, 0.29) is 17.3 Å². The number of nitrogens with one attached hydrogen (secondary N) is 1. The first-order chi connectivity index (χ1) is 19.6. The number of carbonyl (C=O) groups is 2. The number of amides is 1. The van der Waals surface area contributed by atoms with E-state index in [1.54, 1.807) is 4.90 Å². The Morgan fingerprint density at radius 2 is 1.71 bits per heavy atom. The van der Waals surface area contributed by atoms with Gasteiger partial charge in [0, 0.05) is 38.1 Å². The van der Waals surface area contributed by atoms with Crippen molar-refractivity contribution < 1.29 is 37.7 Å². The van der Waals surface area contributed by atoms with Gasteiger partial charge in [-0.05, 0) is 36.8 Å². The lowest BCUT2D eigenvalue weighted by Gasteiger charge is -2.28. The SMILES string of the molecule is C/C=C/CN(Cc1ccccc1)C(=O)c1cnc(N2CCOCC2)nc1Nc1ccc(C(F)(F)F)cc1.O=C(O)O. The number of hydrogen-bond acceptors (Lipinski definition) is 7. The van der Waals surface area contributed by atoms with Crippen LogP contribution in [0.2, 0.25) is 0 Å². The number of benzene rings is 2. The Balaban J connectivity index is 0.00000108. The molecule has 41 heavy (non-hydrogen) atoms. The summed E-state index contributed by atoms with van der Waals surface area (Å²) in [6.07, 6.45) is -1.06. The van der Waals surface area contributed by atoms with Gasteiger partial charge in [-0.15, -0.1) is 0 Å². The number of hydrogen-bond donors (Lipinski definition) is 3. The zero-order valence-corrected chi connectivity index (χ0v) is 22.2. The molecule has 4 rings (SSSR count). The normalized spacial score (nSPS) is 13.3. The van der Waals surface area contributed by atoms with Crippen LogP contribution < -0.4 is 10.2 Å². The van der Waals surface area contributed by atoms with Crippen molar-refractivity contribution in [1.29, 1.82) is 0 Å². The highest BCUT2D eigenvalue weighted by molar-refractivity contribution is 5.99. The van der Waals surface area contributed by atoms with E-state index in [0.717, 1.165) is 17.7 Å². The molecule has 2 aromatic carbocycles. The van der Waals surface area contributed by atoms with Crippen LogP contribution in [0.25, 0.3) is 0 Å². The smallest absolute Gasteiger partial charge is 0.450 e. The van der Waals surface area contributed by atoms with Gasteiger partial charge in [0.1, 0.15) is 11.4 Å². The third-order valence-electron chi connectivity index (χ3n) is 5.84. The largest absolute Gasteiger partial charge is 0.503 e. The molecule has 10 nitrogen and oxygen atoms in total. The van der Waals surface area contributed by atoms with Gasteiger partial charge in [0.15, 0.2) is 0 Å². The quantitative estimate of drug-likeness (QED) is 0.299. The average Bonchev–Trinajstić information content (AvgIpc) is 2.95. The van der Waals surface area contributed by atoms with Crippen molar-refractivity contribution >= 4 is 29.5 Å². The Bertz CT molecular complexity index is 1310. The summed E-state index contributed by atoms with van der Waals surface area (Å²) in [5.74, 6) is 0.335. The molecule has 13 heteroatoms. The number of rotatable bonds is 8. The summed E-state index contributed by atoms with van der Waals surface area (Å²) in [7, 11) is 0. The van der Waals surface area contributed by atoms with Gasteiger partial charge in [-0.3, -0.25) is 4.79 Å². The molecule has 0 saturated carbocycles. The fraction of sp³-hybridized carbons (Fsp3) is 0.286. The molecule has 0 atom stereocenters. The van der Waals surface area contributed by atoms with E-state index >= 15 is 0 Å². The van der Waals surface area contributed by atoms with Crippen molar-refractivity contribution in [1.82, 2.24) is 14.9 Å². The maximum absolute atomic E-state index is 13.7. The molecule has 1 amide bonds. The molecule has 0 unspecified atom stereocenters. The zero-order chi connectivity index (χ0) is 29.8. The molecule has 0 radical (unpaired) electrons. The predicted octanol–water partition coefficient (Wildman–Crippen LogP) is 5.52. The minimum absolute atomic E-state index is 0.220. The Morgan fingerprint density at radius 1 is 1.07 bits per heavy atom. The number of morpholine rings is 1. The lowest BCUT2D eigenvalue weighted by Crippen LogP contribution is -2.37. The lowest BCUT2D eigenvalue weighted by molar-refractivity contribution is -0.137. The molecule has 1 saturated heterocycles. The van der Waals surface area contributed by atoms with E-state index < -0.39 is 17.9 Å². The van der Waals surface area contributed by atoms with Crippen molar-refractivity contribution in [3.63, 3.8) is 0 Å². The van der Waals surface area contributed by atoms with E-state index in [9.17, 15) is 18.0 Å². The van der Waals surface area contributed by atoms with Crippen LogP contribution in [0.4, 0.5) is 35.4 Å². The summed E-state index contributed by atoms with van der Waals surface area (Å²) in [5.41, 5.74) is 0.795. The standard InChI is InChI=1S/C27H28F3N5O2.CH2O3/c1-2-3-13-35(19-20-7-5-4-6-8-20)25(36)23-18-31-26(34-14-16-37-17-15-34)33-24(23)32-22-11-9-21(10-12-22)27(28,29)30;2-1(3)4/h2-12,18H,13-17,19H2,1H3,(H,31,32,33);(H2,2,3,4)/b3-2+;. The number of carbonyl (C=O) groups excluding carboxylic acids is 1. The Hall–Kier alpha value is -4.65. The van der Waals surface area contributed by atoms with Gasteiger partial charge in [-0.1, -0.05) is 42.5 Å². The first kappa shape index (κ1) is 30.9. The van der Waals surface area contributed by atoms with Crippen molar-refractivity contribution in [2.45, 2.75) is 19.6 Å². The molecule has 0 aliphatic carbocycles. The Kier molecular flexibility index (Phi) is 11.0. The molecule has 218 valence electrons. The Morgan fingerprint density at radius 3 is 2.29 bits per heavy atom. The number of alkyl halides is 3. The molecule has 3 N–H and O–H groups in total. The molecule has 1 aliphatic rings. The van der Waals surface area contributed by atoms with Crippen LogP contribution in [0.15, 0.2) is 72.9 Å². The minimum atomic E-state index is -4.44. The van der Waals surface area contributed by atoms with Crippen LogP contribution in [0, 0.1) is 0 Å². The van der Waals surface area contributed by atoms with Crippen LogP contribution >= 0.6 is 0 Å². The van der Waals surface area contributed by atoms with Crippen molar-refractivity contribution in [3.8, 4) is 0 Å². The van der Waals surface area contributed by atoms with E-state index in [2.05, 4.69) is 15.3 Å². The zero-order valence-electron chi connectivity index (χ0n) is 22.2. The van der Waals surface area contributed by atoms with Crippen molar-refractivity contribution in [3.05, 3.63) is 89.6 Å². The van der Waals surface area contributed by atoms with Gasteiger partial charge in [-0.2, -0.15) is 18.2 Å². The van der Waals surface area contributed by atoms with Gasteiger partial charge in [0.05, 0.1) is 18.8 Å². The molecule has 1 aromatic heterocycles. The fourth-order valence-corrected chi connectivity index (χ4v) is 3.85. The summed E-state index contributed by atoms with van der Waals surface area (Å²) in [6, 6.07) is 14.2. The summed E-state index contributed by atoms with van der Waals surface area (Å²) in [6.45, 7) is 4.86. The summed E-state index contributed by atoms with van der Waals surface area (Å²) < 4.78 is 44.5. The topological polar surface area (TPSA) is 128 Å². The number of carboxylic acid groups (broad SMARTS) is 2. The van der Waals surface area contributed by atoms with Gasteiger partial charge in [0.2, 0.25) is 5.95 Å². The van der Waals surface area contributed by atoms with Gasteiger partial charge in [-0.25, -0.2) is 9.78 Å². The average molecular weight is 574 g/mol. The number of aromatic nitrogens is 2. The van der Waals surface area contributed by atoms with E-state index in [1.165, 1.54) is 18.3 Å². The van der Waals surface area contributed by atoms with Crippen molar-refractivity contribution in [2.24, 2.45) is 0 Å². The number of ether oxygens (including phenoxy) is 1. The maximum Gasteiger partial charge on any atom is 0.503 e. The van der Waals surface area contributed by atoms with Gasteiger partial charge in [0.25, 0.3) is 5.91 Å². The second-order valence-electron chi connectivity index (χ2n) is 8.75. The van der Waals surface area contributed by atoms with Crippen LogP contribution in [0.3, 0.4) is 0 Å². The second-order valence-corrected chi connectivity index (χ2v) is 8.75. The number of nitrogens with zero attached hydrogens (tertiary/aromatic N) is 4. The number of anilines is 3. The molecular weight excluding hydrogens is 543 g/mol. The molecule has 2 heterocycles. The molecular formula is C28H30F3N5O5. The van der Waals surface area contributed by atoms with E-state index in [0.29, 0.717) is 51.0 Å². The molecule has 3 aromatic rings. The van der Waals surface area contributed by atoms with E-state index in [4.69, 9.17) is 19.7 Å². The van der Waals surface area contributed by atoms with Crippen LogP contribution in [0.1, 0.15) is 28.4 Å². The molecule has 1 fully saturated rings. The minimum Gasteiger partial charge on any atom is -0.450 e. The third kappa shape index (κ3) is 9.49. The molecule has 0 spiro atoms. The summed E-state index contributed by atoms with van der Waals surface area (Å²) >= 11 is 0. The Labute approximate surface area is 234 Å². The first-order valence-corrected chi connectivity index (χ1v) is 12.6. The number of allylic oxidation sites excluding steroid dienone is 1. The monoisotopic (exact) mass is 573 g/mol. The highest BCUT2D eigenvalue weighted by atomic mass is 19.4. The van der Waals surface area contributed by atoms with Crippen LogP contribution in [-0.2, 0) is 17.5 Å². The molecule has 1 aliphatic heterocycles. The van der Waals surface area contributed by atoms with Gasteiger partial charge >= 0.3 is 12.3 Å². The highest BCUT2D eigenvalue weighted by Crippen LogP contribution is 2.31. The third-order valence-corrected chi connectivity index (χ3v) is 5.84. The highest BCUT2D eigenvalue weighted by Gasteiger charge is 2.30. The summed E-state index contributed by atoms with van der Waals surface area (Å²) in [5, 5.41) is 17.0. The summed E-state index contributed by atoms with van der Waals surface area (Å²) in [4.78, 5) is 35.0. The molecule has 0 bridgehead atoms. The second kappa shape index (κ2) is 14.7. The lowest BCUT2D eigenvalue weighted by atomic mass is 10.1. The van der Waals surface area contributed by atoms with Crippen molar-refractivity contribution in [2.75, 3.05) is 43.1 Å². The predicted molar refractivity (Wildman–Crippen MR) is 146 cm³/mol.